The molecule has 1 aromatic carbocycles. The molecule has 2 aliphatic rings. The van der Waals surface area contributed by atoms with Gasteiger partial charge in [-0.15, -0.1) is 0 Å². The van der Waals surface area contributed by atoms with Crippen LogP contribution in [0, 0.1) is 5.41 Å². The number of sulfonamides is 1. The van der Waals surface area contributed by atoms with E-state index in [1.165, 1.54) is 6.26 Å². The Kier molecular flexibility index (Phi) is 6.69. The Balaban J connectivity index is 1.18. The third-order valence-electron chi connectivity index (χ3n) is 7.64. The Labute approximate surface area is 237 Å². The highest BCUT2D eigenvalue weighted by Gasteiger charge is 2.47. The van der Waals surface area contributed by atoms with Gasteiger partial charge in [-0.1, -0.05) is 23.2 Å². The number of halogens is 2. The van der Waals surface area contributed by atoms with Gasteiger partial charge >= 0.3 is 0 Å². The van der Waals surface area contributed by atoms with Gasteiger partial charge in [-0.25, -0.2) is 17.7 Å². The first-order chi connectivity index (χ1) is 18.6. The van der Waals surface area contributed by atoms with E-state index in [4.69, 9.17) is 32.9 Å². The molecule has 0 bridgehead atoms. The number of aromatic nitrogens is 4. The fourth-order valence-corrected chi connectivity index (χ4v) is 7.34. The summed E-state index contributed by atoms with van der Waals surface area (Å²) in [4.78, 5) is 10.9. The lowest BCUT2D eigenvalue weighted by molar-refractivity contribution is 0.108. The van der Waals surface area contributed by atoms with Crippen molar-refractivity contribution in [2.45, 2.75) is 25.9 Å². The quantitative estimate of drug-likeness (QED) is 0.325. The van der Waals surface area contributed by atoms with Gasteiger partial charge in [0.15, 0.2) is 0 Å². The van der Waals surface area contributed by atoms with Crippen LogP contribution in [0.3, 0.4) is 0 Å². The number of nitrogens with zero attached hydrogens (tertiary/aromatic N) is 5. The molecular formula is C27H28Cl2N6O3S. The lowest BCUT2D eigenvalue weighted by Crippen LogP contribution is -2.63. The Bertz CT molecular complexity index is 1620. The standard InChI is InChI=1S/C27H28Cl2N6O3S/c1-17(25-21(28)12-30-13-22(25)29)38-19-5-6-23-20(10-19)26(33-32-23)18-4-7-24(31-11-18)34-14-27(15-34)8-3-9-35(16-27)39(2,36)37/h4-7,10-13,17H,3,8-9,14-16H2,1-2H3,(H,32,33). The summed E-state index contributed by atoms with van der Waals surface area (Å²) in [5.74, 6) is 1.54. The minimum absolute atomic E-state index is 0.0122. The molecule has 2 fully saturated rings. The predicted octanol–water partition coefficient (Wildman–Crippen LogP) is 5.33. The largest absolute Gasteiger partial charge is 0.486 e. The van der Waals surface area contributed by atoms with Crippen molar-refractivity contribution in [3.05, 3.63) is 64.5 Å². The molecular weight excluding hydrogens is 559 g/mol. The van der Waals surface area contributed by atoms with Crippen molar-refractivity contribution in [1.82, 2.24) is 24.5 Å². The van der Waals surface area contributed by atoms with E-state index in [1.54, 1.807) is 16.7 Å². The van der Waals surface area contributed by atoms with Crippen LogP contribution in [-0.2, 0) is 10.0 Å². The molecule has 1 spiro atoms. The lowest BCUT2D eigenvalue weighted by atomic mass is 9.74. The zero-order valence-electron chi connectivity index (χ0n) is 21.6. The summed E-state index contributed by atoms with van der Waals surface area (Å²) in [6, 6.07) is 9.75. The maximum absolute atomic E-state index is 12.0. The molecule has 12 heteroatoms. The van der Waals surface area contributed by atoms with Gasteiger partial charge in [0.2, 0.25) is 10.0 Å². The van der Waals surface area contributed by atoms with Crippen LogP contribution in [0.5, 0.6) is 5.75 Å². The zero-order valence-corrected chi connectivity index (χ0v) is 23.9. The molecule has 0 saturated carbocycles. The Morgan fingerprint density at radius 3 is 2.54 bits per heavy atom. The Hall–Kier alpha value is -2.92. The number of ether oxygens (including phenoxy) is 1. The van der Waals surface area contributed by atoms with Crippen LogP contribution in [0.25, 0.3) is 22.2 Å². The highest BCUT2D eigenvalue weighted by molar-refractivity contribution is 7.88. The maximum atomic E-state index is 12.0. The van der Waals surface area contributed by atoms with Gasteiger partial charge in [0, 0.05) is 66.7 Å². The zero-order chi connectivity index (χ0) is 27.4. The number of aromatic amines is 1. The number of rotatable bonds is 6. The molecule has 0 radical (unpaired) electrons. The molecule has 5 heterocycles. The molecule has 2 saturated heterocycles. The summed E-state index contributed by atoms with van der Waals surface area (Å²) >= 11 is 12.6. The van der Waals surface area contributed by atoms with Gasteiger partial charge in [0.1, 0.15) is 23.4 Å². The van der Waals surface area contributed by atoms with E-state index >= 15 is 0 Å². The van der Waals surface area contributed by atoms with Crippen LogP contribution in [0.4, 0.5) is 5.82 Å². The van der Waals surface area contributed by atoms with Crippen molar-refractivity contribution in [2.24, 2.45) is 5.41 Å². The van der Waals surface area contributed by atoms with Crippen molar-refractivity contribution in [3.63, 3.8) is 0 Å². The monoisotopic (exact) mass is 586 g/mol. The molecule has 1 N–H and O–H groups in total. The highest BCUT2D eigenvalue weighted by Crippen LogP contribution is 2.42. The molecule has 1 atom stereocenters. The molecule has 3 aromatic heterocycles. The van der Waals surface area contributed by atoms with Crippen LogP contribution in [0.1, 0.15) is 31.4 Å². The number of anilines is 1. The minimum atomic E-state index is -3.17. The molecule has 6 rings (SSSR count). The number of hydrogen-bond acceptors (Lipinski definition) is 7. The number of fused-ring (bicyclic) bond motifs is 1. The van der Waals surface area contributed by atoms with Crippen molar-refractivity contribution in [3.8, 4) is 17.0 Å². The van der Waals surface area contributed by atoms with E-state index in [9.17, 15) is 8.42 Å². The van der Waals surface area contributed by atoms with Gasteiger partial charge < -0.3 is 9.64 Å². The number of pyridine rings is 2. The van der Waals surface area contributed by atoms with Gasteiger partial charge in [-0.2, -0.15) is 5.10 Å². The van der Waals surface area contributed by atoms with E-state index in [1.807, 2.05) is 43.5 Å². The molecule has 1 unspecified atom stereocenters. The predicted molar refractivity (Wildman–Crippen MR) is 153 cm³/mol. The first-order valence-corrected chi connectivity index (χ1v) is 15.3. The molecule has 4 aromatic rings. The molecule has 9 nitrogen and oxygen atoms in total. The summed E-state index contributed by atoms with van der Waals surface area (Å²) in [5, 5.41) is 9.44. The first-order valence-electron chi connectivity index (χ1n) is 12.7. The second kappa shape index (κ2) is 9.92. The SMILES string of the molecule is CC(Oc1ccc2[nH]nc(-c3ccc(N4CC5(CCCN(S(C)(=O)=O)C5)C4)nc3)c2c1)c1c(Cl)cncc1Cl. The number of H-pyrrole nitrogens is 1. The number of hydrogen-bond donors (Lipinski definition) is 1. The van der Waals surface area contributed by atoms with E-state index in [0.29, 0.717) is 34.4 Å². The van der Waals surface area contributed by atoms with Crippen LogP contribution in [0.15, 0.2) is 48.9 Å². The number of nitrogens with one attached hydrogen (secondary N) is 1. The van der Waals surface area contributed by atoms with Gasteiger partial charge in [0.25, 0.3) is 0 Å². The van der Waals surface area contributed by atoms with Crippen molar-refractivity contribution in [1.29, 1.82) is 0 Å². The number of piperidine rings is 1. The maximum Gasteiger partial charge on any atom is 0.211 e. The van der Waals surface area contributed by atoms with Gasteiger partial charge in [-0.05, 0) is 50.1 Å². The smallest absolute Gasteiger partial charge is 0.211 e. The van der Waals surface area contributed by atoms with Crippen LogP contribution >= 0.6 is 23.2 Å². The fraction of sp³-hybridized carbons (Fsp3) is 0.370. The normalized spacial score (nSPS) is 18.3. The van der Waals surface area contributed by atoms with E-state index in [-0.39, 0.29) is 11.5 Å². The van der Waals surface area contributed by atoms with Gasteiger partial charge in [0.05, 0.1) is 21.8 Å². The molecule has 204 valence electrons. The summed E-state index contributed by atoms with van der Waals surface area (Å²) < 4.78 is 31.9. The molecule has 2 aliphatic heterocycles. The summed E-state index contributed by atoms with van der Waals surface area (Å²) in [5.41, 5.74) is 3.24. The van der Waals surface area contributed by atoms with Crippen molar-refractivity contribution in [2.75, 3.05) is 37.3 Å². The summed E-state index contributed by atoms with van der Waals surface area (Å²) in [7, 11) is -3.17. The average Bonchev–Trinajstić information content (AvgIpc) is 3.30. The van der Waals surface area contributed by atoms with Crippen LogP contribution in [0.2, 0.25) is 10.0 Å². The summed E-state index contributed by atoms with van der Waals surface area (Å²) in [6.45, 7) is 4.70. The molecule has 39 heavy (non-hydrogen) atoms. The Morgan fingerprint density at radius 2 is 1.85 bits per heavy atom. The lowest BCUT2D eigenvalue weighted by Gasteiger charge is -2.54. The highest BCUT2D eigenvalue weighted by atomic mass is 35.5. The van der Waals surface area contributed by atoms with Crippen molar-refractivity contribution >= 4 is 49.9 Å². The van der Waals surface area contributed by atoms with Gasteiger partial charge in [-0.3, -0.25) is 10.1 Å². The molecule has 0 aliphatic carbocycles. The fourth-order valence-electron chi connectivity index (χ4n) is 5.70. The van der Waals surface area contributed by atoms with E-state index < -0.39 is 10.0 Å². The topological polar surface area (TPSA) is 104 Å². The third-order valence-corrected chi connectivity index (χ3v) is 9.49. The summed E-state index contributed by atoms with van der Waals surface area (Å²) in [6.07, 6.45) is 7.78. The third kappa shape index (κ3) is 5.06. The van der Waals surface area contributed by atoms with E-state index in [2.05, 4.69) is 20.1 Å². The van der Waals surface area contributed by atoms with Crippen LogP contribution in [-0.4, -0.2) is 65.3 Å². The molecule has 0 amide bonds. The second-order valence-electron chi connectivity index (χ2n) is 10.5. The van der Waals surface area contributed by atoms with E-state index in [0.717, 1.165) is 53.9 Å². The average molecular weight is 588 g/mol. The minimum Gasteiger partial charge on any atom is -0.486 e. The first kappa shape index (κ1) is 26.3. The number of benzene rings is 1. The van der Waals surface area contributed by atoms with Crippen LogP contribution < -0.4 is 9.64 Å². The second-order valence-corrected chi connectivity index (χ2v) is 13.3. The Morgan fingerprint density at radius 1 is 1.08 bits per heavy atom. The van der Waals surface area contributed by atoms with Crippen molar-refractivity contribution < 1.29 is 13.2 Å².